The lowest BCUT2D eigenvalue weighted by molar-refractivity contribution is -0.150. The second-order valence-electron chi connectivity index (χ2n) is 4.11. The topological polar surface area (TPSA) is 65.2 Å². The summed E-state index contributed by atoms with van der Waals surface area (Å²) in [4.78, 5) is 15.6. The number of nitrogens with zero attached hydrogens (tertiary/aromatic N) is 1. The lowest BCUT2D eigenvalue weighted by atomic mass is 10.1. The molecular weight excluding hydrogens is 283 g/mol. The fourth-order valence-corrected chi connectivity index (χ4v) is 1.79. The molecule has 0 amide bonds. The predicted octanol–water partition coefficient (Wildman–Crippen LogP) is 2.56. The predicted molar refractivity (Wildman–Crippen MR) is 77.4 cm³/mol. The van der Waals surface area contributed by atoms with Crippen LogP contribution in [0.3, 0.4) is 0 Å². The Balaban J connectivity index is 0.00000200. The van der Waals surface area contributed by atoms with E-state index in [1.165, 1.54) is 0 Å². The van der Waals surface area contributed by atoms with Crippen LogP contribution in [0, 0.1) is 0 Å². The fraction of sp³-hybridized carbons (Fsp3) is 0.286. The highest BCUT2D eigenvalue weighted by molar-refractivity contribution is 5.85. The Labute approximate surface area is 122 Å². The van der Waals surface area contributed by atoms with Crippen LogP contribution in [-0.2, 0) is 9.53 Å². The van der Waals surface area contributed by atoms with Crippen LogP contribution in [0.5, 0.6) is 0 Å². The largest absolute Gasteiger partial charge is 0.464 e. The molecule has 2 aromatic rings. The zero-order chi connectivity index (χ0) is 13.8. The number of benzene rings is 1. The van der Waals surface area contributed by atoms with Crippen LogP contribution in [0.1, 0.15) is 18.7 Å². The second-order valence-corrected chi connectivity index (χ2v) is 4.11. The summed E-state index contributed by atoms with van der Waals surface area (Å²) < 4.78 is 18.4. The number of esters is 1. The highest BCUT2D eigenvalue weighted by Gasteiger charge is 2.28. The molecule has 0 saturated carbocycles. The maximum Gasteiger partial charge on any atom is 0.342 e. The van der Waals surface area contributed by atoms with Crippen molar-refractivity contribution in [3.05, 3.63) is 42.1 Å². The molecule has 2 atom stereocenters. The number of carbonyl (C=O) groups excluding carboxylic acids is 1. The molecular formula is C14H16ClFN2O2. The molecule has 1 aromatic carbocycles. The number of halogens is 2. The van der Waals surface area contributed by atoms with Crippen molar-refractivity contribution in [3.63, 3.8) is 0 Å². The van der Waals surface area contributed by atoms with E-state index in [0.717, 1.165) is 5.39 Å². The number of fused-ring (bicyclic) bond motifs is 1. The van der Waals surface area contributed by atoms with Gasteiger partial charge in [0.2, 0.25) is 6.17 Å². The molecule has 108 valence electrons. The van der Waals surface area contributed by atoms with E-state index in [-0.39, 0.29) is 19.0 Å². The molecule has 0 aliphatic rings. The number of hydrogen-bond donors (Lipinski definition) is 1. The molecule has 4 nitrogen and oxygen atoms in total. The van der Waals surface area contributed by atoms with Crippen LogP contribution in [0.15, 0.2) is 36.4 Å². The van der Waals surface area contributed by atoms with Gasteiger partial charge in [0.15, 0.2) is 0 Å². The van der Waals surface area contributed by atoms with Crippen molar-refractivity contribution in [2.45, 2.75) is 19.1 Å². The van der Waals surface area contributed by atoms with E-state index in [1.807, 2.05) is 24.3 Å². The number of ether oxygens (including phenoxy) is 1. The van der Waals surface area contributed by atoms with Crippen LogP contribution >= 0.6 is 12.4 Å². The number of carbonyl (C=O) groups is 1. The lowest BCUT2D eigenvalue weighted by Crippen LogP contribution is -2.32. The molecule has 1 heterocycles. The molecule has 0 spiro atoms. The minimum absolute atomic E-state index is 0. The van der Waals surface area contributed by atoms with Gasteiger partial charge in [-0.1, -0.05) is 24.3 Å². The van der Waals surface area contributed by atoms with Crippen molar-refractivity contribution in [3.8, 4) is 0 Å². The van der Waals surface area contributed by atoms with Gasteiger partial charge in [0.05, 0.1) is 23.9 Å². The van der Waals surface area contributed by atoms with E-state index >= 15 is 0 Å². The van der Waals surface area contributed by atoms with Gasteiger partial charge in [-0.3, -0.25) is 4.98 Å². The average molecular weight is 299 g/mol. The monoisotopic (exact) mass is 298 g/mol. The molecule has 0 aliphatic heterocycles. The van der Waals surface area contributed by atoms with Crippen LogP contribution < -0.4 is 5.73 Å². The first kappa shape index (κ1) is 16.3. The molecule has 20 heavy (non-hydrogen) atoms. The summed E-state index contributed by atoms with van der Waals surface area (Å²) in [5, 5.41) is 0.935. The maximum atomic E-state index is 13.8. The van der Waals surface area contributed by atoms with Gasteiger partial charge in [-0.2, -0.15) is 0 Å². The molecule has 0 bridgehead atoms. The summed E-state index contributed by atoms with van der Waals surface area (Å²) in [5.41, 5.74) is 6.77. The molecule has 0 fully saturated rings. The smallest absolute Gasteiger partial charge is 0.342 e. The van der Waals surface area contributed by atoms with Crippen molar-refractivity contribution in [1.82, 2.24) is 4.98 Å². The number of para-hydroxylation sites is 1. The third-order valence-corrected chi connectivity index (χ3v) is 2.79. The minimum atomic E-state index is -1.91. The Hall–Kier alpha value is -1.72. The Morgan fingerprint density at radius 1 is 1.35 bits per heavy atom. The number of pyridine rings is 1. The van der Waals surface area contributed by atoms with Crippen molar-refractivity contribution in [1.29, 1.82) is 0 Å². The van der Waals surface area contributed by atoms with Gasteiger partial charge in [-0.15, -0.1) is 12.4 Å². The summed E-state index contributed by atoms with van der Waals surface area (Å²) in [6.07, 6.45) is -1.91. The molecule has 1 aromatic heterocycles. The van der Waals surface area contributed by atoms with Crippen molar-refractivity contribution in [2.75, 3.05) is 6.61 Å². The molecule has 0 aliphatic carbocycles. The maximum absolute atomic E-state index is 13.8. The van der Waals surface area contributed by atoms with E-state index in [2.05, 4.69) is 9.72 Å². The van der Waals surface area contributed by atoms with Gasteiger partial charge in [0.1, 0.15) is 0 Å². The van der Waals surface area contributed by atoms with E-state index in [9.17, 15) is 9.18 Å². The first-order valence-corrected chi connectivity index (χ1v) is 6.05. The SMILES string of the molecule is CCOC(=O)C(F)[C@@H](N)c1ccc2ccccc2n1.Cl. The zero-order valence-electron chi connectivity index (χ0n) is 11.0. The Morgan fingerprint density at radius 3 is 2.75 bits per heavy atom. The second kappa shape index (κ2) is 7.17. The van der Waals surface area contributed by atoms with Crippen LogP contribution in [0.25, 0.3) is 10.9 Å². The quantitative estimate of drug-likeness (QED) is 0.881. The van der Waals surface area contributed by atoms with E-state index in [1.54, 1.807) is 19.1 Å². The Bertz CT molecular complexity index is 594. The number of nitrogens with two attached hydrogens (primary N) is 1. The number of hydrogen-bond acceptors (Lipinski definition) is 4. The summed E-state index contributed by atoms with van der Waals surface area (Å²) in [5.74, 6) is -0.954. The summed E-state index contributed by atoms with van der Waals surface area (Å²) >= 11 is 0. The van der Waals surface area contributed by atoms with E-state index in [0.29, 0.717) is 11.2 Å². The van der Waals surface area contributed by atoms with Gasteiger partial charge >= 0.3 is 5.97 Å². The van der Waals surface area contributed by atoms with Crippen molar-refractivity contribution in [2.24, 2.45) is 5.73 Å². The number of alkyl halides is 1. The third-order valence-electron chi connectivity index (χ3n) is 2.79. The molecule has 6 heteroatoms. The zero-order valence-corrected chi connectivity index (χ0v) is 11.8. The number of aromatic nitrogens is 1. The van der Waals surface area contributed by atoms with Crippen LogP contribution in [0.2, 0.25) is 0 Å². The average Bonchev–Trinajstić information content (AvgIpc) is 2.45. The normalized spacial score (nSPS) is 13.3. The van der Waals surface area contributed by atoms with Gasteiger partial charge in [0.25, 0.3) is 0 Å². The van der Waals surface area contributed by atoms with Crippen LogP contribution in [0.4, 0.5) is 4.39 Å². The summed E-state index contributed by atoms with van der Waals surface area (Å²) in [6, 6.07) is 9.74. The molecule has 1 unspecified atom stereocenters. The van der Waals surface area contributed by atoms with Gasteiger partial charge < -0.3 is 10.5 Å². The minimum Gasteiger partial charge on any atom is -0.464 e. The molecule has 0 radical (unpaired) electrons. The standard InChI is InChI=1S/C14H15FN2O2.ClH/c1-2-19-14(18)12(15)13(16)11-8-7-9-5-3-4-6-10(9)17-11;/h3-8,12-13H,2,16H2,1H3;1H/t12?,13-;/m0./s1. The van der Waals surface area contributed by atoms with E-state index < -0.39 is 18.2 Å². The van der Waals surface area contributed by atoms with Gasteiger partial charge in [0, 0.05) is 5.39 Å². The highest BCUT2D eigenvalue weighted by atomic mass is 35.5. The van der Waals surface area contributed by atoms with Crippen molar-refractivity contribution >= 4 is 29.3 Å². The third kappa shape index (κ3) is 3.43. The summed E-state index contributed by atoms with van der Waals surface area (Å²) in [6.45, 7) is 1.74. The lowest BCUT2D eigenvalue weighted by Gasteiger charge is -2.15. The first-order valence-electron chi connectivity index (χ1n) is 6.05. The first-order chi connectivity index (χ1) is 9.13. The summed E-state index contributed by atoms with van der Waals surface area (Å²) in [7, 11) is 0. The van der Waals surface area contributed by atoms with Crippen molar-refractivity contribution < 1.29 is 13.9 Å². The number of rotatable bonds is 4. The van der Waals surface area contributed by atoms with Crippen LogP contribution in [-0.4, -0.2) is 23.7 Å². The van der Waals surface area contributed by atoms with Gasteiger partial charge in [-0.25, -0.2) is 9.18 Å². The highest BCUT2D eigenvalue weighted by Crippen LogP contribution is 2.19. The fourth-order valence-electron chi connectivity index (χ4n) is 1.79. The van der Waals surface area contributed by atoms with Gasteiger partial charge in [-0.05, 0) is 19.1 Å². The Morgan fingerprint density at radius 2 is 2.05 bits per heavy atom. The van der Waals surface area contributed by atoms with E-state index in [4.69, 9.17) is 5.73 Å². The molecule has 0 saturated heterocycles. The molecule has 2 N–H and O–H groups in total. The Kier molecular flexibility index (Phi) is 5.85. The molecule has 2 rings (SSSR count).